The van der Waals surface area contributed by atoms with Gasteiger partial charge in [-0.2, -0.15) is 15.0 Å². The Morgan fingerprint density at radius 1 is 0.950 bits per heavy atom. The smallest absolute Gasteiger partial charge is 0.243 e. The predicted octanol–water partition coefficient (Wildman–Crippen LogP) is 0.00120. The molecule has 0 aromatic carbocycles. The van der Waals surface area contributed by atoms with Crippen LogP contribution in [0, 0.1) is 0 Å². The molecule has 0 saturated heterocycles. The van der Waals surface area contributed by atoms with Crippen LogP contribution in [0.2, 0.25) is 0 Å². The van der Waals surface area contributed by atoms with E-state index in [0.29, 0.717) is 17.8 Å². The number of nitrogens with one attached hydrogen (secondary N) is 1. The van der Waals surface area contributed by atoms with Gasteiger partial charge in [-0.1, -0.05) is 0 Å². The van der Waals surface area contributed by atoms with E-state index in [1.54, 1.807) is 0 Å². The van der Waals surface area contributed by atoms with E-state index < -0.39 is 0 Å². The second kappa shape index (κ2) is 7.81. The first-order valence-electron chi connectivity index (χ1n) is 6.85. The maximum Gasteiger partial charge on any atom is 0.243 e. The molecule has 0 aliphatic rings. The average molecular weight is 282 g/mol. The Morgan fingerprint density at radius 3 is 2.05 bits per heavy atom. The topological polar surface area (TPSA) is 86.4 Å². The van der Waals surface area contributed by atoms with Crippen LogP contribution in [-0.4, -0.2) is 67.2 Å². The van der Waals surface area contributed by atoms with Crippen molar-refractivity contribution in [3.05, 3.63) is 0 Å². The van der Waals surface area contributed by atoms with E-state index in [9.17, 15) is 0 Å². The summed E-state index contributed by atoms with van der Waals surface area (Å²) < 4.78 is 0. The molecule has 1 aromatic rings. The van der Waals surface area contributed by atoms with Crippen LogP contribution in [0.5, 0.6) is 0 Å². The Balaban J connectivity index is 2.97. The molecule has 0 fully saturated rings. The highest BCUT2D eigenvalue weighted by molar-refractivity contribution is 5.44. The molecule has 0 amide bonds. The van der Waals surface area contributed by atoms with Crippen molar-refractivity contribution in [3.8, 4) is 0 Å². The van der Waals surface area contributed by atoms with Crippen molar-refractivity contribution in [2.75, 3.05) is 62.5 Å². The largest absolute Gasteiger partial charge is 0.342 e. The van der Waals surface area contributed by atoms with Crippen LogP contribution in [0.3, 0.4) is 0 Å². The van der Waals surface area contributed by atoms with Gasteiger partial charge in [0.25, 0.3) is 0 Å². The predicted molar refractivity (Wildman–Crippen MR) is 83.0 cm³/mol. The van der Waals surface area contributed by atoms with Gasteiger partial charge in [-0.25, -0.2) is 5.84 Å². The third-order valence-electron chi connectivity index (χ3n) is 3.01. The lowest BCUT2D eigenvalue weighted by Gasteiger charge is -2.23. The first kappa shape index (κ1) is 16.4. The Kier molecular flexibility index (Phi) is 6.40. The number of hydrazine groups is 1. The van der Waals surface area contributed by atoms with E-state index in [0.717, 1.165) is 26.2 Å². The van der Waals surface area contributed by atoms with Crippen molar-refractivity contribution in [2.45, 2.75) is 13.8 Å². The van der Waals surface area contributed by atoms with Gasteiger partial charge in [-0.05, 0) is 27.9 Å². The lowest BCUT2D eigenvalue weighted by Crippen LogP contribution is -2.31. The molecule has 0 bridgehead atoms. The Hall–Kier alpha value is -1.67. The first-order valence-corrected chi connectivity index (χ1v) is 6.85. The number of anilines is 3. The van der Waals surface area contributed by atoms with Crippen LogP contribution < -0.4 is 21.1 Å². The van der Waals surface area contributed by atoms with Gasteiger partial charge in [0.05, 0.1) is 0 Å². The molecule has 20 heavy (non-hydrogen) atoms. The molecule has 0 radical (unpaired) electrons. The summed E-state index contributed by atoms with van der Waals surface area (Å²) in [7, 11) is 6.04. The number of nitrogens with zero attached hydrogens (tertiary/aromatic N) is 6. The normalized spacial score (nSPS) is 10.8. The van der Waals surface area contributed by atoms with Crippen molar-refractivity contribution < 1.29 is 0 Å². The second-order valence-electron chi connectivity index (χ2n) is 4.80. The van der Waals surface area contributed by atoms with Gasteiger partial charge in [-0.3, -0.25) is 5.43 Å². The van der Waals surface area contributed by atoms with Crippen LogP contribution in [0.25, 0.3) is 0 Å². The molecule has 0 atom stereocenters. The SMILES string of the molecule is CCN(CC)c1nc(NN)nc(N(C)CCN(C)C)n1. The van der Waals surface area contributed by atoms with Crippen molar-refractivity contribution in [1.29, 1.82) is 0 Å². The summed E-state index contributed by atoms with van der Waals surface area (Å²) >= 11 is 0. The lowest BCUT2D eigenvalue weighted by atomic mass is 10.5. The van der Waals surface area contributed by atoms with Crippen LogP contribution >= 0.6 is 0 Å². The van der Waals surface area contributed by atoms with Gasteiger partial charge >= 0.3 is 0 Å². The minimum Gasteiger partial charge on any atom is -0.342 e. The van der Waals surface area contributed by atoms with Gasteiger partial charge in [0, 0.05) is 33.2 Å². The fraction of sp³-hybridized carbons (Fsp3) is 0.750. The maximum absolute atomic E-state index is 5.44. The third-order valence-corrected chi connectivity index (χ3v) is 3.01. The van der Waals surface area contributed by atoms with Crippen molar-refractivity contribution in [3.63, 3.8) is 0 Å². The van der Waals surface area contributed by atoms with E-state index >= 15 is 0 Å². The summed E-state index contributed by atoms with van der Waals surface area (Å²) in [6.07, 6.45) is 0. The number of aromatic nitrogens is 3. The molecule has 0 aliphatic carbocycles. The fourth-order valence-electron chi connectivity index (χ4n) is 1.69. The van der Waals surface area contributed by atoms with Gasteiger partial charge in [0.2, 0.25) is 17.8 Å². The molecule has 8 heteroatoms. The summed E-state index contributed by atoms with van der Waals surface area (Å²) in [5.74, 6) is 7.09. The number of nitrogens with two attached hydrogens (primary N) is 1. The number of rotatable bonds is 8. The molecule has 0 unspecified atom stereocenters. The minimum atomic E-state index is 0.383. The monoisotopic (exact) mass is 282 g/mol. The molecule has 1 rings (SSSR count). The number of nitrogen functional groups attached to an aromatic ring is 1. The summed E-state index contributed by atoms with van der Waals surface area (Å²) in [5, 5.41) is 0. The van der Waals surface area contributed by atoms with E-state index in [-0.39, 0.29) is 0 Å². The maximum atomic E-state index is 5.44. The van der Waals surface area contributed by atoms with E-state index in [4.69, 9.17) is 5.84 Å². The molecule has 1 heterocycles. The van der Waals surface area contributed by atoms with Gasteiger partial charge in [0.15, 0.2) is 0 Å². The minimum absolute atomic E-state index is 0.383. The summed E-state index contributed by atoms with van der Waals surface area (Å²) in [4.78, 5) is 19.3. The summed E-state index contributed by atoms with van der Waals surface area (Å²) in [5.41, 5.74) is 2.50. The highest BCUT2D eigenvalue weighted by atomic mass is 15.4. The lowest BCUT2D eigenvalue weighted by molar-refractivity contribution is 0.415. The molecule has 114 valence electrons. The van der Waals surface area contributed by atoms with Crippen LogP contribution in [0.4, 0.5) is 17.8 Å². The molecule has 0 saturated carbocycles. The molecule has 1 aromatic heterocycles. The summed E-state index contributed by atoms with van der Waals surface area (Å²) in [6, 6.07) is 0. The fourth-order valence-corrected chi connectivity index (χ4v) is 1.69. The quantitative estimate of drug-likeness (QED) is 0.509. The van der Waals surface area contributed by atoms with Crippen molar-refractivity contribution in [2.24, 2.45) is 5.84 Å². The van der Waals surface area contributed by atoms with E-state index in [2.05, 4.69) is 44.0 Å². The number of likely N-dealkylation sites (N-methyl/N-ethyl adjacent to an activating group) is 2. The average Bonchev–Trinajstić information content (AvgIpc) is 2.45. The van der Waals surface area contributed by atoms with Crippen molar-refractivity contribution in [1.82, 2.24) is 19.9 Å². The zero-order chi connectivity index (χ0) is 15.1. The highest BCUT2D eigenvalue weighted by Crippen LogP contribution is 2.15. The van der Waals surface area contributed by atoms with Crippen molar-refractivity contribution >= 4 is 17.8 Å². The molecule has 3 N–H and O–H groups in total. The molecule has 8 nitrogen and oxygen atoms in total. The van der Waals surface area contributed by atoms with Crippen LogP contribution in [0.15, 0.2) is 0 Å². The molecule has 0 spiro atoms. The second-order valence-corrected chi connectivity index (χ2v) is 4.80. The first-order chi connectivity index (χ1) is 9.51. The van der Waals surface area contributed by atoms with Gasteiger partial charge in [0.1, 0.15) is 0 Å². The van der Waals surface area contributed by atoms with Crippen LogP contribution in [0.1, 0.15) is 13.8 Å². The molecule has 0 aliphatic heterocycles. The Morgan fingerprint density at radius 2 is 1.55 bits per heavy atom. The highest BCUT2D eigenvalue weighted by Gasteiger charge is 2.13. The molecular weight excluding hydrogens is 256 g/mol. The molecular formula is C12H26N8. The van der Waals surface area contributed by atoms with Gasteiger partial charge in [-0.15, -0.1) is 0 Å². The Bertz CT molecular complexity index is 404. The zero-order valence-corrected chi connectivity index (χ0v) is 13.1. The Labute approximate surface area is 121 Å². The number of hydrogen-bond acceptors (Lipinski definition) is 8. The number of hydrogen-bond donors (Lipinski definition) is 2. The zero-order valence-electron chi connectivity index (χ0n) is 13.1. The summed E-state index contributed by atoms with van der Waals surface area (Å²) in [6.45, 7) is 7.57. The van der Waals surface area contributed by atoms with E-state index in [1.807, 2.05) is 26.0 Å². The third kappa shape index (κ3) is 4.46. The van der Waals surface area contributed by atoms with E-state index in [1.165, 1.54) is 0 Å². The standard InChI is InChI=1S/C12H26N8/c1-6-20(7-2)12-15-10(17-13)14-11(16-12)19(5)9-8-18(3)4/h6-9,13H2,1-5H3,(H,14,15,16,17). The van der Waals surface area contributed by atoms with Gasteiger partial charge < -0.3 is 14.7 Å². The van der Waals surface area contributed by atoms with Crippen LogP contribution in [-0.2, 0) is 0 Å².